The van der Waals surface area contributed by atoms with E-state index in [9.17, 15) is 0 Å². The average Bonchev–Trinajstić information content (AvgIpc) is 2.80. The van der Waals surface area contributed by atoms with Gasteiger partial charge in [0.2, 0.25) is 0 Å². The summed E-state index contributed by atoms with van der Waals surface area (Å²) in [5, 5.41) is 0. The van der Waals surface area contributed by atoms with Gasteiger partial charge in [0, 0.05) is 34.7 Å². The van der Waals surface area contributed by atoms with Crippen LogP contribution >= 0.6 is 15.5 Å². The smallest absolute Gasteiger partial charge is 0.244 e. The Morgan fingerprint density at radius 3 is 2.00 bits per heavy atom. The summed E-state index contributed by atoms with van der Waals surface area (Å²) in [4.78, 5) is 0. The molecule has 0 saturated heterocycles. The number of likely N-dealkylation sites (N-methyl/N-ethyl adjacent to an activating group) is 1. The molecule has 0 radical (unpaired) electrons. The normalized spacial score (nSPS) is 25.3. The van der Waals surface area contributed by atoms with Gasteiger partial charge < -0.3 is 0 Å². The van der Waals surface area contributed by atoms with Crippen molar-refractivity contribution in [1.29, 1.82) is 0 Å². The zero-order valence-electron chi connectivity index (χ0n) is 18.7. The largest absolute Gasteiger partial charge is 0.405 e. The fraction of sp³-hybridized carbons (Fsp3) is 0.684. The molecule has 6 nitrogen and oxygen atoms in total. The molecule has 1 heterocycles. The number of rotatable bonds is 6. The third-order valence-electron chi connectivity index (χ3n) is 4.87. The molecule has 8 heteroatoms. The van der Waals surface area contributed by atoms with Crippen LogP contribution < -0.4 is 0 Å². The van der Waals surface area contributed by atoms with E-state index < -0.39 is 15.5 Å². The van der Waals surface area contributed by atoms with E-state index in [1.54, 1.807) is 0 Å². The van der Waals surface area contributed by atoms with Crippen LogP contribution in [-0.2, 0) is 0 Å². The Balaban J connectivity index is 2.71. The van der Waals surface area contributed by atoms with Crippen LogP contribution in [-0.4, -0.2) is 73.1 Å². The second-order valence-electron chi connectivity index (χ2n) is 8.26. The standard InChI is InChI=1S/C19H37N6P2/c1-11-25-18(17-14-12-16(2)13-15-17)19(3,4)20-27(25,24(9)10)21-26(22(5)6)23(7)8/h12-15,18H,11H2,1-10H3/q+1. The molecule has 0 saturated carbocycles. The predicted octanol–water partition coefficient (Wildman–Crippen LogP) is 5.28. The van der Waals surface area contributed by atoms with Gasteiger partial charge in [-0.05, 0) is 44.9 Å². The maximum absolute atomic E-state index is 5.46. The first kappa shape index (κ1) is 22.7. The van der Waals surface area contributed by atoms with Gasteiger partial charge >= 0.3 is 8.01 Å². The Hall–Kier alpha value is -0.610. The van der Waals surface area contributed by atoms with E-state index in [4.69, 9.17) is 9.26 Å². The van der Waals surface area contributed by atoms with Gasteiger partial charge in [0.15, 0.2) is 0 Å². The molecule has 0 bridgehead atoms. The summed E-state index contributed by atoms with van der Waals surface area (Å²) in [6.45, 7) is 9.81. The minimum Gasteiger partial charge on any atom is -0.244 e. The summed E-state index contributed by atoms with van der Waals surface area (Å²) < 4.78 is 20.2. The molecule has 0 aliphatic carbocycles. The number of hydrogen-bond donors (Lipinski definition) is 0. The Morgan fingerprint density at radius 2 is 1.59 bits per heavy atom. The maximum atomic E-state index is 5.46. The van der Waals surface area contributed by atoms with Crippen LogP contribution in [0.4, 0.5) is 0 Å². The Morgan fingerprint density at radius 1 is 1.07 bits per heavy atom. The van der Waals surface area contributed by atoms with Gasteiger partial charge in [-0.3, -0.25) is 0 Å². The van der Waals surface area contributed by atoms with Crippen LogP contribution in [0.3, 0.4) is 0 Å². The van der Waals surface area contributed by atoms with E-state index in [2.05, 4.69) is 113 Å². The zero-order chi connectivity index (χ0) is 20.6. The summed E-state index contributed by atoms with van der Waals surface area (Å²) in [6, 6.07) is 9.16. The minimum absolute atomic E-state index is 0.202. The highest BCUT2D eigenvalue weighted by molar-refractivity contribution is 7.66. The molecular weight excluding hydrogens is 374 g/mol. The first-order chi connectivity index (χ1) is 12.5. The lowest BCUT2D eigenvalue weighted by Crippen LogP contribution is -2.34. The lowest BCUT2D eigenvalue weighted by Gasteiger charge is -2.36. The maximum Gasteiger partial charge on any atom is 0.405 e. The van der Waals surface area contributed by atoms with Gasteiger partial charge in [-0.2, -0.15) is 0 Å². The van der Waals surface area contributed by atoms with Crippen LogP contribution in [0.5, 0.6) is 0 Å². The first-order valence-electron chi connectivity index (χ1n) is 9.49. The predicted molar refractivity (Wildman–Crippen MR) is 120 cm³/mol. The molecule has 1 aromatic carbocycles. The van der Waals surface area contributed by atoms with Gasteiger partial charge in [0.1, 0.15) is 0 Å². The molecule has 1 aliphatic rings. The van der Waals surface area contributed by atoms with Crippen LogP contribution in [0.15, 0.2) is 33.5 Å². The van der Waals surface area contributed by atoms with E-state index in [1.807, 2.05) is 0 Å². The van der Waals surface area contributed by atoms with Crippen molar-refractivity contribution in [2.24, 2.45) is 9.26 Å². The van der Waals surface area contributed by atoms with Crippen molar-refractivity contribution in [3.05, 3.63) is 35.4 Å². The summed E-state index contributed by atoms with van der Waals surface area (Å²) in [7, 11) is 9.74. The van der Waals surface area contributed by atoms with Crippen molar-refractivity contribution in [3.8, 4) is 0 Å². The van der Waals surface area contributed by atoms with E-state index in [0.717, 1.165) is 6.54 Å². The van der Waals surface area contributed by atoms with Crippen LogP contribution in [0, 0.1) is 6.92 Å². The molecule has 2 atom stereocenters. The fourth-order valence-electron chi connectivity index (χ4n) is 3.77. The summed E-state index contributed by atoms with van der Waals surface area (Å²) in [5.41, 5.74) is 2.41. The molecule has 152 valence electrons. The monoisotopic (exact) mass is 411 g/mol. The summed E-state index contributed by atoms with van der Waals surface area (Å²) in [5.74, 6) is 0. The molecular formula is C19H37N6P2+. The molecule has 1 aromatic rings. The van der Waals surface area contributed by atoms with Gasteiger partial charge in [-0.25, -0.2) is 14.1 Å². The molecule has 27 heavy (non-hydrogen) atoms. The van der Waals surface area contributed by atoms with Gasteiger partial charge in [-0.15, -0.1) is 9.34 Å². The SMILES string of the molecule is CCN1C(c2ccc(C)cc2)C(C)(C)N=P1(N=[P+](N(C)C)N(C)C)N(C)C. The Kier molecular flexibility index (Phi) is 7.06. The molecule has 2 unspecified atom stereocenters. The highest BCUT2D eigenvalue weighted by atomic mass is 31.2. The topological polar surface area (TPSA) is 37.7 Å². The quantitative estimate of drug-likeness (QED) is 0.597. The van der Waals surface area contributed by atoms with Crippen LogP contribution in [0.25, 0.3) is 0 Å². The van der Waals surface area contributed by atoms with Crippen molar-refractivity contribution in [1.82, 2.24) is 18.7 Å². The summed E-state index contributed by atoms with van der Waals surface area (Å²) >= 11 is 0. The van der Waals surface area contributed by atoms with Gasteiger partial charge in [0.25, 0.3) is 7.51 Å². The molecule has 0 fully saturated rings. The van der Waals surface area contributed by atoms with E-state index in [1.165, 1.54) is 11.1 Å². The number of hydrogen-bond acceptors (Lipinski definition) is 4. The molecule has 2 rings (SSSR count). The molecule has 0 N–H and O–H groups in total. The Bertz CT molecular complexity index is 727. The molecule has 0 aromatic heterocycles. The third-order valence-corrected chi connectivity index (χ3v) is 11.0. The van der Waals surface area contributed by atoms with Crippen molar-refractivity contribution in [3.63, 3.8) is 0 Å². The highest BCUT2D eigenvalue weighted by Crippen LogP contribution is 2.70. The van der Waals surface area contributed by atoms with E-state index in [0.29, 0.717) is 0 Å². The second kappa shape index (κ2) is 8.41. The van der Waals surface area contributed by atoms with E-state index >= 15 is 0 Å². The second-order valence-corrected chi connectivity index (χ2v) is 13.7. The van der Waals surface area contributed by atoms with E-state index in [-0.39, 0.29) is 11.6 Å². The number of nitrogens with zero attached hydrogens (tertiary/aromatic N) is 6. The van der Waals surface area contributed by atoms with Crippen LogP contribution in [0.1, 0.15) is 37.9 Å². The summed E-state index contributed by atoms with van der Waals surface area (Å²) in [6.07, 6.45) is 0. The first-order valence-corrected chi connectivity index (χ1v) is 12.3. The molecule has 0 spiro atoms. The average molecular weight is 411 g/mol. The molecule has 0 amide bonds. The number of aryl methyl sites for hydroxylation is 1. The van der Waals surface area contributed by atoms with Crippen molar-refractivity contribution < 1.29 is 0 Å². The fourth-order valence-corrected chi connectivity index (χ4v) is 10.5. The van der Waals surface area contributed by atoms with Crippen LogP contribution in [0.2, 0.25) is 0 Å². The highest BCUT2D eigenvalue weighted by Gasteiger charge is 2.53. The minimum atomic E-state index is -2.19. The zero-order valence-corrected chi connectivity index (χ0v) is 20.5. The van der Waals surface area contributed by atoms with Crippen molar-refractivity contribution in [2.45, 2.75) is 39.3 Å². The van der Waals surface area contributed by atoms with Gasteiger partial charge in [-0.1, -0.05) is 36.8 Å². The lowest BCUT2D eigenvalue weighted by atomic mass is 9.89. The lowest BCUT2D eigenvalue weighted by molar-refractivity contribution is 0.272. The van der Waals surface area contributed by atoms with Crippen molar-refractivity contribution in [2.75, 3.05) is 48.8 Å². The van der Waals surface area contributed by atoms with Crippen molar-refractivity contribution >= 4 is 15.5 Å². The Labute approximate surface area is 167 Å². The molecule has 1 aliphatic heterocycles. The number of benzene rings is 1. The van der Waals surface area contributed by atoms with Gasteiger partial charge in [0.05, 0.1) is 11.6 Å². The third kappa shape index (κ3) is 4.37.